The van der Waals surface area contributed by atoms with Gasteiger partial charge >= 0.3 is 6.18 Å². The number of thioether (sulfide) groups is 1. The van der Waals surface area contributed by atoms with Gasteiger partial charge in [-0.25, -0.2) is 0 Å². The van der Waals surface area contributed by atoms with E-state index in [4.69, 9.17) is 11.6 Å². The number of benzene rings is 1. The van der Waals surface area contributed by atoms with E-state index < -0.39 is 17.9 Å². The Bertz CT molecular complexity index is 692. The van der Waals surface area contributed by atoms with E-state index in [1.807, 2.05) is 18.2 Å². The van der Waals surface area contributed by atoms with Crippen LogP contribution in [-0.4, -0.2) is 23.6 Å². The number of carbonyl (C=O) groups excluding carboxylic acids is 2. The number of nitrogens with one attached hydrogen (secondary N) is 2. The van der Waals surface area contributed by atoms with Gasteiger partial charge in [0.2, 0.25) is 5.91 Å². The van der Waals surface area contributed by atoms with E-state index in [1.54, 1.807) is 6.07 Å². The van der Waals surface area contributed by atoms with E-state index in [0.717, 1.165) is 5.56 Å². The average Bonchev–Trinajstić information content (AvgIpc) is 3.01. The molecule has 0 atom stereocenters. The van der Waals surface area contributed by atoms with E-state index in [9.17, 15) is 22.8 Å². The summed E-state index contributed by atoms with van der Waals surface area (Å²) >= 11 is 7.34. The molecular formula is C16H16ClF3N2O2S. The van der Waals surface area contributed by atoms with Crippen LogP contribution in [0.1, 0.15) is 24.8 Å². The van der Waals surface area contributed by atoms with Crippen LogP contribution < -0.4 is 10.9 Å². The van der Waals surface area contributed by atoms with E-state index in [-0.39, 0.29) is 23.4 Å². The van der Waals surface area contributed by atoms with Crippen LogP contribution in [0.2, 0.25) is 5.02 Å². The minimum absolute atomic E-state index is 0.0534. The second kappa shape index (κ2) is 8.62. The fourth-order valence-corrected chi connectivity index (χ4v) is 3.47. The number of rotatable bonds is 7. The van der Waals surface area contributed by atoms with Crippen molar-refractivity contribution in [3.63, 3.8) is 0 Å². The van der Waals surface area contributed by atoms with Crippen molar-refractivity contribution in [2.45, 2.75) is 31.2 Å². The van der Waals surface area contributed by atoms with Crippen LogP contribution in [-0.2, 0) is 15.3 Å². The third-order valence-corrected chi connectivity index (χ3v) is 4.90. The molecule has 0 aromatic heterocycles. The molecule has 0 fully saturated rings. The Labute approximate surface area is 152 Å². The number of amides is 1. The van der Waals surface area contributed by atoms with E-state index in [0.29, 0.717) is 23.6 Å². The number of allylic oxidation sites excluding steroid dienone is 2. The SMILES string of the molecule is O=C(CSCc1ccccc1Cl)NNC1=C(C(=O)C(F)(F)F)CCC1. The molecule has 1 aliphatic rings. The van der Waals surface area contributed by atoms with E-state index >= 15 is 0 Å². The van der Waals surface area contributed by atoms with Gasteiger partial charge in [-0.05, 0) is 30.9 Å². The normalized spacial score (nSPS) is 14.6. The first-order valence-corrected chi connectivity index (χ1v) is 9.02. The predicted molar refractivity (Wildman–Crippen MR) is 90.8 cm³/mol. The zero-order valence-corrected chi connectivity index (χ0v) is 14.7. The zero-order chi connectivity index (χ0) is 18.4. The van der Waals surface area contributed by atoms with Crippen molar-refractivity contribution in [3.05, 3.63) is 46.1 Å². The second-order valence-electron chi connectivity index (χ2n) is 5.39. The molecule has 0 heterocycles. The molecule has 4 nitrogen and oxygen atoms in total. The molecule has 0 radical (unpaired) electrons. The van der Waals surface area contributed by atoms with Crippen molar-refractivity contribution in [2.75, 3.05) is 5.75 Å². The summed E-state index contributed by atoms with van der Waals surface area (Å²) in [5.41, 5.74) is 5.52. The van der Waals surface area contributed by atoms with Crippen molar-refractivity contribution in [1.82, 2.24) is 10.9 Å². The zero-order valence-electron chi connectivity index (χ0n) is 13.1. The highest BCUT2D eigenvalue weighted by Gasteiger charge is 2.42. The molecule has 0 bridgehead atoms. The largest absolute Gasteiger partial charge is 0.454 e. The lowest BCUT2D eigenvalue weighted by Crippen LogP contribution is -2.39. The first-order chi connectivity index (χ1) is 11.8. The molecule has 136 valence electrons. The minimum Gasteiger partial charge on any atom is -0.302 e. The third-order valence-electron chi connectivity index (χ3n) is 3.55. The van der Waals surface area contributed by atoms with E-state index in [2.05, 4.69) is 10.9 Å². The first kappa shape index (κ1) is 19.7. The molecule has 0 aliphatic heterocycles. The molecule has 1 amide bonds. The first-order valence-electron chi connectivity index (χ1n) is 7.48. The van der Waals surface area contributed by atoms with Gasteiger partial charge in [-0.2, -0.15) is 13.2 Å². The summed E-state index contributed by atoms with van der Waals surface area (Å²) < 4.78 is 37.6. The fraction of sp³-hybridized carbons (Fsp3) is 0.375. The summed E-state index contributed by atoms with van der Waals surface area (Å²) in [6.07, 6.45) is -4.11. The van der Waals surface area contributed by atoms with Gasteiger partial charge < -0.3 is 5.43 Å². The highest BCUT2D eigenvalue weighted by molar-refractivity contribution is 7.99. The summed E-state index contributed by atoms with van der Waals surface area (Å²) in [7, 11) is 0. The van der Waals surface area contributed by atoms with Crippen molar-refractivity contribution in [2.24, 2.45) is 0 Å². The van der Waals surface area contributed by atoms with Crippen LogP contribution in [0, 0.1) is 0 Å². The van der Waals surface area contributed by atoms with Crippen LogP contribution in [0.3, 0.4) is 0 Å². The lowest BCUT2D eigenvalue weighted by atomic mass is 10.1. The van der Waals surface area contributed by atoms with Gasteiger partial charge in [-0.15, -0.1) is 11.8 Å². The molecule has 1 aliphatic carbocycles. The Morgan fingerprint density at radius 2 is 1.92 bits per heavy atom. The highest BCUT2D eigenvalue weighted by atomic mass is 35.5. The number of carbonyl (C=O) groups is 2. The van der Waals surface area contributed by atoms with Gasteiger partial charge in [0.05, 0.1) is 5.75 Å². The van der Waals surface area contributed by atoms with Crippen LogP contribution in [0.5, 0.6) is 0 Å². The third kappa shape index (κ3) is 5.67. The summed E-state index contributed by atoms with van der Waals surface area (Å²) in [6.45, 7) is 0. The van der Waals surface area contributed by atoms with Crippen LogP contribution in [0.25, 0.3) is 0 Å². The molecule has 9 heteroatoms. The monoisotopic (exact) mass is 392 g/mol. The summed E-state index contributed by atoms with van der Waals surface area (Å²) in [6, 6.07) is 7.26. The lowest BCUT2D eigenvalue weighted by Gasteiger charge is -2.12. The minimum atomic E-state index is -4.90. The molecule has 0 saturated carbocycles. The summed E-state index contributed by atoms with van der Waals surface area (Å²) in [5, 5.41) is 0.611. The maximum Gasteiger partial charge on any atom is 0.454 e. The lowest BCUT2D eigenvalue weighted by molar-refractivity contribution is -0.166. The van der Waals surface area contributed by atoms with E-state index in [1.165, 1.54) is 11.8 Å². The molecule has 0 saturated heterocycles. The number of ketones is 1. The van der Waals surface area contributed by atoms with Crippen molar-refractivity contribution in [3.8, 4) is 0 Å². The van der Waals surface area contributed by atoms with Crippen LogP contribution in [0.4, 0.5) is 13.2 Å². The summed E-state index contributed by atoms with van der Waals surface area (Å²) in [4.78, 5) is 23.1. The van der Waals surface area contributed by atoms with Crippen molar-refractivity contribution in [1.29, 1.82) is 0 Å². The topological polar surface area (TPSA) is 58.2 Å². The molecule has 1 aromatic carbocycles. The highest BCUT2D eigenvalue weighted by Crippen LogP contribution is 2.30. The number of hydrazine groups is 1. The molecule has 1 aromatic rings. The standard InChI is InChI=1S/C16H16ClF3N2O2S/c17-12-6-2-1-4-10(12)8-25-9-14(23)22-21-13-7-3-5-11(13)15(24)16(18,19)20/h1-2,4,6,21H,3,5,7-9H2,(H,22,23). The Balaban J connectivity index is 1.81. The molecule has 0 spiro atoms. The molecular weight excluding hydrogens is 377 g/mol. The number of hydrogen-bond donors (Lipinski definition) is 2. The van der Waals surface area contributed by atoms with Gasteiger partial charge in [0.25, 0.3) is 5.78 Å². The van der Waals surface area contributed by atoms with Gasteiger partial charge in [-0.3, -0.25) is 15.0 Å². The summed E-state index contributed by atoms with van der Waals surface area (Å²) in [5.74, 6) is -1.60. The Morgan fingerprint density at radius 3 is 2.60 bits per heavy atom. The molecule has 0 unspecified atom stereocenters. The Kier molecular flexibility index (Phi) is 6.78. The maximum atomic E-state index is 12.5. The predicted octanol–water partition coefficient (Wildman–Crippen LogP) is 3.76. The quantitative estimate of drug-likeness (QED) is 0.694. The average molecular weight is 393 g/mol. The number of Topliss-reactive ketones (excluding diaryl/α,β-unsaturated/α-hetero) is 1. The Morgan fingerprint density at radius 1 is 1.20 bits per heavy atom. The smallest absolute Gasteiger partial charge is 0.302 e. The van der Waals surface area contributed by atoms with Gasteiger partial charge in [0, 0.05) is 22.0 Å². The molecule has 2 rings (SSSR count). The van der Waals surface area contributed by atoms with Crippen molar-refractivity contribution < 1.29 is 22.8 Å². The number of alkyl halides is 3. The Hall–Kier alpha value is -1.67. The van der Waals surface area contributed by atoms with Gasteiger partial charge in [0.1, 0.15) is 0 Å². The van der Waals surface area contributed by atoms with Crippen molar-refractivity contribution >= 4 is 35.1 Å². The van der Waals surface area contributed by atoms with Crippen LogP contribution in [0.15, 0.2) is 35.5 Å². The fourth-order valence-electron chi connectivity index (χ4n) is 2.35. The number of halogens is 4. The maximum absolute atomic E-state index is 12.5. The van der Waals surface area contributed by atoms with Gasteiger partial charge in [-0.1, -0.05) is 29.8 Å². The second-order valence-corrected chi connectivity index (χ2v) is 6.79. The molecule has 25 heavy (non-hydrogen) atoms. The molecule has 2 N–H and O–H groups in total. The van der Waals surface area contributed by atoms with Crippen LogP contribution >= 0.6 is 23.4 Å². The number of hydrogen-bond acceptors (Lipinski definition) is 4. The van der Waals surface area contributed by atoms with Gasteiger partial charge in [0.15, 0.2) is 0 Å².